The molecule has 0 spiro atoms. The summed E-state index contributed by atoms with van der Waals surface area (Å²) in [6.45, 7) is 8.90. The Morgan fingerprint density at radius 2 is 1.84 bits per heavy atom. The molecule has 3 nitrogen and oxygen atoms in total. The van der Waals surface area contributed by atoms with Gasteiger partial charge in [0.05, 0.1) is 0 Å². The van der Waals surface area contributed by atoms with Gasteiger partial charge < -0.3 is 10.1 Å². The second-order valence-electron chi connectivity index (χ2n) is 5.13. The minimum atomic E-state index is -0.457. The summed E-state index contributed by atoms with van der Waals surface area (Å²) in [5, 5.41) is 2.87. The van der Waals surface area contributed by atoms with Gasteiger partial charge in [0, 0.05) is 6.54 Å². The Balaban J connectivity index is 2.47. The minimum Gasteiger partial charge on any atom is -0.481 e. The van der Waals surface area contributed by atoms with Crippen molar-refractivity contribution in [2.75, 3.05) is 6.54 Å². The zero-order valence-electron chi connectivity index (χ0n) is 12.4. The molecule has 0 saturated heterocycles. The summed E-state index contributed by atoms with van der Waals surface area (Å²) >= 11 is 0. The van der Waals surface area contributed by atoms with Crippen LogP contribution in [-0.4, -0.2) is 18.6 Å². The lowest BCUT2D eigenvalue weighted by molar-refractivity contribution is -0.127. The van der Waals surface area contributed by atoms with Crippen LogP contribution in [0.4, 0.5) is 0 Å². The van der Waals surface area contributed by atoms with Gasteiger partial charge in [0.1, 0.15) is 5.75 Å². The van der Waals surface area contributed by atoms with Gasteiger partial charge in [-0.25, -0.2) is 0 Å². The molecule has 106 valence electrons. The standard InChI is InChI=1S/C16H25NO2/c1-5-6-11-17-16(18)13(4)19-15-9-7-14(8-10-15)12(2)3/h7-10,12-13H,5-6,11H2,1-4H3,(H,17,18). The van der Waals surface area contributed by atoms with E-state index in [9.17, 15) is 4.79 Å². The number of hydrogen-bond donors (Lipinski definition) is 1. The summed E-state index contributed by atoms with van der Waals surface area (Å²) < 4.78 is 5.63. The molecule has 0 bridgehead atoms. The lowest BCUT2D eigenvalue weighted by Crippen LogP contribution is -2.36. The third kappa shape index (κ3) is 5.33. The Bertz CT molecular complexity index is 384. The van der Waals surface area contributed by atoms with E-state index >= 15 is 0 Å². The molecule has 0 saturated carbocycles. The second kappa shape index (κ2) is 7.82. The average Bonchev–Trinajstić information content (AvgIpc) is 2.39. The summed E-state index contributed by atoms with van der Waals surface area (Å²) in [5.74, 6) is 1.19. The summed E-state index contributed by atoms with van der Waals surface area (Å²) in [5.41, 5.74) is 1.27. The Morgan fingerprint density at radius 1 is 1.21 bits per heavy atom. The average molecular weight is 263 g/mol. The van der Waals surface area contributed by atoms with Crippen LogP contribution in [0, 0.1) is 0 Å². The van der Waals surface area contributed by atoms with Crippen LogP contribution in [0.3, 0.4) is 0 Å². The lowest BCUT2D eigenvalue weighted by Gasteiger charge is -2.15. The molecular formula is C16H25NO2. The molecule has 1 atom stereocenters. The maximum atomic E-state index is 11.8. The number of ether oxygens (including phenoxy) is 1. The molecule has 0 heterocycles. The number of hydrogen-bond acceptors (Lipinski definition) is 2. The summed E-state index contributed by atoms with van der Waals surface area (Å²) in [4.78, 5) is 11.8. The van der Waals surface area contributed by atoms with Crippen LogP contribution in [0.1, 0.15) is 52.0 Å². The quantitative estimate of drug-likeness (QED) is 0.765. The van der Waals surface area contributed by atoms with Crippen molar-refractivity contribution in [3.05, 3.63) is 29.8 Å². The Morgan fingerprint density at radius 3 is 2.37 bits per heavy atom. The largest absolute Gasteiger partial charge is 0.481 e. The van der Waals surface area contributed by atoms with E-state index in [0.29, 0.717) is 5.92 Å². The molecule has 0 aliphatic carbocycles. The van der Waals surface area contributed by atoms with E-state index in [1.807, 2.05) is 24.3 Å². The van der Waals surface area contributed by atoms with Crippen LogP contribution in [0.25, 0.3) is 0 Å². The summed E-state index contributed by atoms with van der Waals surface area (Å²) in [6, 6.07) is 7.93. The van der Waals surface area contributed by atoms with Gasteiger partial charge >= 0.3 is 0 Å². The molecule has 1 unspecified atom stereocenters. The highest BCUT2D eigenvalue weighted by Gasteiger charge is 2.13. The second-order valence-corrected chi connectivity index (χ2v) is 5.13. The van der Waals surface area contributed by atoms with Crippen molar-refractivity contribution < 1.29 is 9.53 Å². The molecular weight excluding hydrogens is 238 g/mol. The zero-order chi connectivity index (χ0) is 14.3. The number of benzene rings is 1. The van der Waals surface area contributed by atoms with E-state index in [0.717, 1.165) is 25.1 Å². The Labute approximate surface area is 116 Å². The van der Waals surface area contributed by atoms with E-state index in [1.54, 1.807) is 6.92 Å². The minimum absolute atomic E-state index is 0.0543. The number of unbranched alkanes of at least 4 members (excludes halogenated alkanes) is 1. The summed E-state index contributed by atoms with van der Waals surface area (Å²) in [7, 11) is 0. The van der Waals surface area contributed by atoms with Gasteiger partial charge in [-0.3, -0.25) is 4.79 Å². The van der Waals surface area contributed by atoms with Crippen molar-refractivity contribution >= 4 is 5.91 Å². The molecule has 1 aromatic carbocycles. The van der Waals surface area contributed by atoms with Crippen LogP contribution in [0.5, 0.6) is 5.75 Å². The molecule has 1 N–H and O–H groups in total. The molecule has 1 rings (SSSR count). The fourth-order valence-electron chi connectivity index (χ4n) is 1.72. The van der Waals surface area contributed by atoms with Crippen LogP contribution < -0.4 is 10.1 Å². The van der Waals surface area contributed by atoms with Crippen LogP contribution in [0.15, 0.2) is 24.3 Å². The first-order valence-electron chi connectivity index (χ1n) is 7.09. The summed E-state index contributed by atoms with van der Waals surface area (Å²) in [6.07, 6.45) is 1.62. The van der Waals surface area contributed by atoms with Gasteiger partial charge in [0.2, 0.25) is 0 Å². The first kappa shape index (κ1) is 15.5. The third-order valence-electron chi connectivity index (χ3n) is 3.06. The maximum Gasteiger partial charge on any atom is 0.260 e. The van der Waals surface area contributed by atoms with Crippen molar-refractivity contribution in [2.24, 2.45) is 0 Å². The number of nitrogens with one attached hydrogen (secondary N) is 1. The fraction of sp³-hybridized carbons (Fsp3) is 0.562. The molecule has 3 heteroatoms. The van der Waals surface area contributed by atoms with Gasteiger partial charge in [-0.2, -0.15) is 0 Å². The topological polar surface area (TPSA) is 38.3 Å². The number of carbonyl (C=O) groups is 1. The normalized spacial score (nSPS) is 12.3. The number of rotatable bonds is 7. The smallest absolute Gasteiger partial charge is 0.260 e. The Kier molecular flexibility index (Phi) is 6.40. The highest BCUT2D eigenvalue weighted by atomic mass is 16.5. The van der Waals surface area contributed by atoms with Gasteiger partial charge in [0.15, 0.2) is 6.10 Å². The first-order valence-corrected chi connectivity index (χ1v) is 7.09. The molecule has 0 aliphatic heterocycles. The predicted molar refractivity (Wildman–Crippen MR) is 78.5 cm³/mol. The van der Waals surface area contributed by atoms with E-state index in [4.69, 9.17) is 4.74 Å². The predicted octanol–water partition coefficient (Wildman–Crippen LogP) is 3.49. The molecule has 1 aromatic rings. The highest BCUT2D eigenvalue weighted by Crippen LogP contribution is 2.19. The van der Waals surface area contributed by atoms with Gasteiger partial charge in [-0.1, -0.05) is 39.3 Å². The fourth-order valence-corrected chi connectivity index (χ4v) is 1.72. The van der Waals surface area contributed by atoms with Gasteiger partial charge in [0.25, 0.3) is 5.91 Å². The van der Waals surface area contributed by atoms with E-state index in [-0.39, 0.29) is 5.91 Å². The molecule has 0 fully saturated rings. The van der Waals surface area contributed by atoms with Crippen LogP contribution in [0.2, 0.25) is 0 Å². The van der Waals surface area contributed by atoms with Crippen molar-refractivity contribution in [1.82, 2.24) is 5.32 Å². The molecule has 0 aliphatic rings. The van der Waals surface area contributed by atoms with Gasteiger partial charge in [-0.05, 0) is 37.0 Å². The van der Waals surface area contributed by atoms with Crippen LogP contribution in [-0.2, 0) is 4.79 Å². The molecule has 1 amide bonds. The van der Waals surface area contributed by atoms with E-state index in [2.05, 4.69) is 26.1 Å². The van der Waals surface area contributed by atoms with Crippen molar-refractivity contribution in [2.45, 2.75) is 52.6 Å². The maximum absolute atomic E-state index is 11.8. The van der Waals surface area contributed by atoms with Crippen LogP contribution >= 0.6 is 0 Å². The van der Waals surface area contributed by atoms with Gasteiger partial charge in [-0.15, -0.1) is 0 Å². The first-order chi connectivity index (χ1) is 9.04. The molecule has 0 radical (unpaired) electrons. The zero-order valence-corrected chi connectivity index (χ0v) is 12.4. The van der Waals surface area contributed by atoms with E-state index in [1.165, 1.54) is 5.56 Å². The molecule has 19 heavy (non-hydrogen) atoms. The van der Waals surface area contributed by atoms with Crippen molar-refractivity contribution in [3.8, 4) is 5.75 Å². The molecule has 0 aromatic heterocycles. The third-order valence-corrected chi connectivity index (χ3v) is 3.06. The lowest BCUT2D eigenvalue weighted by atomic mass is 10.0. The SMILES string of the molecule is CCCCNC(=O)C(C)Oc1ccc(C(C)C)cc1. The monoisotopic (exact) mass is 263 g/mol. The van der Waals surface area contributed by atoms with Crippen molar-refractivity contribution in [1.29, 1.82) is 0 Å². The van der Waals surface area contributed by atoms with Crippen molar-refractivity contribution in [3.63, 3.8) is 0 Å². The van der Waals surface area contributed by atoms with E-state index < -0.39 is 6.10 Å². The highest BCUT2D eigenvalue weighted by molar-refractivity contribution is 5.80. The Hall–Kier alpha value is -1.51. The number of amides is 1. The number of carbonyl (C=O) groups excluding carboxylic acids is 1.